The normalized spacial score (nSPS) is 22.8. The zero-order chi connectivity index (χ0) is 32.2. The number of amidine groups is 1. The third kappa shape index (κ3) is 6.30. The molecule has 1 fully saturated rings. The smallest absolute Gasteiger partial charge is 0.397 e. The Kier molecular flexibility index (Phi) is 8.28. The highest BCUT2D eigenvalue weighted by molar-refractivity contribution is 7.90. The summed E-state index contributed by atoms with van der Waals surface area (Å²) in [6, 6.07) is 1.41. The summed E-state index contributed by atoms with van der Waals surface area (Å²) in [5.74, 6) is -0.396. The number of aliphatic hydroxyl groups excluding tert-OH is 1. The predicted octanol–water partition coefficient (Wildman–Crippen LogP) is 3.10. The number of carbonyl (C=O) groups excluding carboxylic acids is 1. The van der Waals surface area contributed by atoms with Gasteiger partial charge in [-0.3, -0.25) is 9.48 Å². The van der Waals surface area contributed by atoms with Crippen molar-refractivity contribution in [2.45, 2.75) is 71.0 Å². The summed E-state index contributed by atoms with van der Waals surface area (Å²) >= 11 is 0. The van der Waals surface area contributed by atoms with Gasteiger partial charge >= 0.3 is 6.18 Å². The molecule has 0 spiro atoms. The van der Waals surface area contributed by atoms with Crippen LogP contribution < -0.4 is 9.46 Å². The highest BCUT2D eigenvalue weighted by Gasteiger charge is 2.51. The summed E-state index contributed by atoms with van der Waals surface area (Å²) in [6.07, 6.45) is 0.553. The Morgan fingerprint density at radius 2 is 1.91 bits per heavy atom. The van der Waals surface area contributed by atoms with Gasteiger partial charge in [-0.05, 0) is 60.5 Å². The molecule has 16 heteroatoms. The molecule has 0 aliphatic carbocycles. The summed E-state index contributed by atoms with van der Waals surface area (Å²) in [5.41, 5.74) is -3.86. The van der Waals surface area contributed by atoms with Crippen molar-refractivity contribution in [3.05, 3.63) is 30.2 Å². The molecule has 0 saturated carbocycles. The number of amides is 1. The van der Waals surface area contributed by atoms with Crippen molar-refractivity contribution in [3.63, 3.8) is 0 Å². The largest absolute Gasteiger partial charge is 0.476 e. The Bertz CT molecular complexity index is 1560. The molecule has 4 heterocycles. The van der Waals surface area contributed by atoms with Crippen molar-refractivity contribution >= 4 is 27.6 Å². The van der Waals surface area contributed by atoms with E-state index in [1.165, 1.54) is 34.7 Å². The summed E-state index contributed by atoms with van der Waals surface area (Å²) < 4.78 is 76.4. The highest BCUT2D eigenvalue weighted by atomic mass is 32.2. The van der Waals surface area contributed by atoms with Crippen molar-refractivity contribution in [1.82, 2.24) is 29.2 Å². The first kappa shape index (κ1) is 32.5. The average molecular weight is 630 g/mol. The van der Waals surface area contributed by atoms with Gasteiger partial charge < -0.3 is 14.7 Å². The van der Waals surface area contributed by atoms with Crippen LogP contribution in [0.4, 0.5) is 13.2 Å². The van der Waals surface area contributed by atoms with E-state index in [1.807, 2.05) is 18.7 Å². The van der Waals surface area contributed by atoms with E-state index in [1.54, 1.807) is 20.0 Å². The number of aliphatic imine (C=N–C) groups is 1. The number of aliphatic hydroxyl groups is 1. The van der Waals surface area contributed by atoms with Crippen molar-refractivity contribution in [2.75, 3.05) is 19.8 Å². The Morgan fingerprint density at radius 3 is 2.47 bits per heavy atom. The molecule has 2 unspecified atom stereocenters. The van der Waals surface area contributed by atoms with E-state index in [9.17, 15) is 31.5 Å². The van der Waals surface area contributed by atoms with Crippen molar-refractivity contribution < 1.29 is 36.2 Å². The molecule has 0 aromatic carbocycles. The fraction of sp³-hybridized carbons (Fsp3) is 0.630. The minimum atomic E-state index is -4.47. The van der Waals surface area contributed by atoms with Gasteiger partial charge in [-0.25, -0.2) is 22.8 Å². The molecule has 2 aliphatic rings. The molecule has 2 aromatic heterocycles. The number of alkyl halides is 3. The van der Waals surface area contributed by atoms with Crippen LogP contribution in [0.3, 0.4) is 0 Å². The van der Waals surface area contributed by atoms with Gasteiger partial charge in [0.2, 0.25) is 11.8 Å². The molecule has 2 aromatic rings. The molecule has 1 saturated heterocycles. The summed E-state index contributed by atoms with van der Waals surface area (Å²) in [5, 5.41) is 18.2. The molecule has 1 amide bonds. The van der Waals surface area contributed by atoms with Gasteiger partial charge in [0.25, 0.3) is 10.0 Å². The number of hydrogen-bond donors (Lipinski definition) is 2. The molecule has 43 heavy (non-hydrogen) atoms. The first-order valence-electron chi connectivity index (χ1n) is 13.7. The zero-order valence-electron chi connectivity index (χ0n) is 25.2. The van der Waals surface area contributed by atoms with E-state index >= 15 is 0 Å². The Hall–Kier alpha value is -3.40. The fourth-order valence-corrected chi connectivity index (χ4v) is 6.52. The van der Waals surface area contributed by atoms with E-state index in [4.69, 9.17) is 9.73 Å². The third-order valence-corrected chi connectivity index (χ3v) is 9.45. The van der Waals surface area contributed by atoms with Crippen molar-refractivity contribution in [2.24, 2.45) is 28.8 Å². The van der Waals surface area contributed by atoms with Crippen LogP contribution in [0.25, 0.3) is 5.82 Å². The van der Waals surface area contributed by atoms with Gasteiger partial charge in [0.15, 0.2) is 5.82 Å². The second-order valence-electron chi connectivity index (χ2n) is 12.7. The number of halogens is 3. The minimum absolute atomic E-state index is 0.0298. The van der Waals surface area contributed by atoms with Crippen LogP contribution in [-0.2, 0) is 21.9 Å². The zero-order valence-corrected chi connectivity index (χ0v) is 26.0. The number of nitrogens with zero attached hydrogens (tertiary/aromatic N) is 6. The molecule has 2 atom stereocenters. The Balaban J connectivity index is 1.67. The SMILES string of the molecule is Cc1nn(C)cc1S(=O)(=O)NC(=O)C1(C)CC=C(n2ccc(OCC(C)(C)C(F)(F)F)n2)N=C1N1CC(CO)CC1(C)C. The number of allylic oxidation sites excluding steroid dienone is 1. The first-order chi connectivity index (χ1) is 19.7. The van der Waals surface area contributed by atoms with Gasteiger partial charge in [0.1, 0.15) is 22.8 Å². The van der Waals surface area contributed by atoms with Gasteiger partial charge in [0.05, 0.1) is 11.1 Å². The number of aromatic nitrogens is 4. The summed E-state index contributed by atoms with van der Waals surface area (Å²) in [7, 11) is -2.70. The topological polar surface area (TPSA) is 144 Å². The number of likely N-dealkylation sites (tertiary alicyclic amines) is 1. The quantitative estimate of drug-likeness (QED) is 0.454. The van der Waals surface area contributed by atoms with Crippen LogP contribution in [0.2, 0.25) is 0 Å². The lowest BCUT2D eigenvalue weighted by Crippen LogP contribution is -2.56. The molecule has 0 radical (unpaired) electrons. The number of sulfonamides is 1. The number of ether oxygens (including phenoxy) is 1. The molecule has 2 aliphatic heterocycles. The first-order valence-corrected chi connectivity index (χ1v) is 15.2. The molecule has 238 valence electrons. The maximum absolute atomic E-state index is 13.8. The monoisotopic (exact) mass is 629 g/mol. The minimum Gasteiger partial charge on any atom is -0.476 e. The maximum atomic E-state index is 13.8. The van der Waals surface area contributed by atoms with Crippen molar-refractivity contribution in [1.29, 1.82) is 0 Å². The van der Waals surface area contributed by atoms with E-state index < -0.39 is 45.1 Å². The second kappa shape index (κ2) is 10.9. The maximum Gasteiger partial charge on any atom is 0.397 e. The van der Waals surface area contributed by atoms with Crippen LogP contribution in [-0.4, -0.2) is 81.2 Å². The Labute approximate surface area is 248 Å². The molecule has 4 rings (SSSR count). The van der Waals surface area contributed by atoms with Crippen LogP contribution in [0.5, 0.6) is 5.88 Å². The lowest BCUT2D eigenvalue weighted by molar-refractivity contribution is -0.219. The predicted molar refractivity (Wildman–Crippen MR) is 151 cm³/mol. The number of nitrogens with one attached hydrogen (secondary N) is 1. The summed E-state index contributed by atoms with van der Waals surface area (Å²) in [4.78, 5) is 20.4. The standard InChI is InChI=1S/C27H38F3N7O5S/c1-17-19(14-35(7)32-17)43(40,41)34-23(39)26(6)10-8-20(31-22(26)36-13-18(15-38)12-25(36,4)5)37-11-9-21(33-37)42-16-24(2,3)27(28,29)30/h8-9,11,14,18,38H,10,12-13,15-16H2,1-7H3,(H,34,39). The number of hydrogen-bond acceptors (Lipinski definition) is 9. The van der Waals surface area contributed by atoms with E-state index in [2.05, 4.69) is 14.9 Å². The number of rotatable bonds is 8. The van der Waals surface area contributed by atoms with Crippen LogP contribution >= 0.6 is 0 Å². The molecular formula is C27H38F3N7O5S. The molecule has 12 nitrogen and oxygen atoms in total. The third-order valence-electron chi connectivity index (χ3n) is 8.01. The lowest BCUT2D eigenvalue weighted by atomic mass is 9.81. The van der Waals surface area contributed by atoms with Crippen LogP contribution in [0.1, 0.15) is 53.2 Å². The molecule has 2 N–H and O–H groups in total. The van der Waals surface area contributed by atoms with Crippen LogP contribution in [0, 0.1) is 23.7 Å². The van der Waals surface area contributed by atoms with Gasteiger partial charge in [0, 0.05) is 50.1 Å². The molecular weight excluding hydrogens is 591 g/mol. The van der Waals surface area contributed by atoms with Crippen LogP contribution in [0.15, 0.2) is 34.4 Å². The van der Waals surface area contributed by atoms with E-state index in [-0.39, 0.29) is 47.1 Å². The van der Waals surface area contributed by atoms with Gasteiger partial charge in [-0.1, -0.05) is 0 Å². The van der Waals surface area contributed by atoms with Crippen molar-refractivity contribution in [3.8, 4) is 5.88 Å². The average Bonchev–Trinajstić information content (AvgIpc) is 3.58. The molecule has 0 bridgehead atoms. The van der Waals surface area contributed by atoms with E-state index in [0.717, 1.165) is 13.8 Å². The van der Waals surface area contributed by atoms with Gasteiger partial charge in [-0.2, -0.15) is 18.3 Å². The fourth-order valence-electron chi connectivity index (χ4n) is 5.22. The number of carbonyl (C=O) groups is 1. The lowest BCUT2D eigenvalue weighted by Gasteiger charge is -2.42. The summed E-state index contributed by atoms with van der Waals surface area (Å²) in [6.45, 7) is 8.71. The number of aryl methyl sites for hydroxylation is 2. The highest BCUT2D eigenvalue weighted by Crippen LogP contribution is 2.42. The van der Waals surface area contributed by atoms with Gasteiger partial charge in [-0.15, -0.1) is 5.10 Å². The Morgan fingerprint density at radius 1 is 1.23 bits per heavy atom. The van der Waals surface area contributed by atoms with E-state index in [0.29, 0.717) is 13.0 Å². The second-order valence-corrected chi connectivity index (χ2v) is 14.3.